The number of ether oxygens (including phenoxy) is 1. The molecule has 1 spiro atoms. The molecule has 0 aromatic rings. The molecule has 2 unspecified atom stereocenters. The highest BCUT2D eigenvalue weighted by Crippen LogP contribution is 2.46. The van der Waals surface area contributed by atoms with E-state index in [1.165, 1.54) is 61.9 Å². The van der Waals surface area contributed by atoms with Crippen LogP contribution in [0.3, 0.4) is 0 Å². The number of rotatable bonds is 15. The summed E-state index contributed by atoms with van der Waals surface area (Å²) in [7, 11) is 8.04. The molecule has 2 bridgehead atoms. The van der Waals surface area contributed by atoms with Gasteiger partial charge in [0.2, 0.25) is 70.9 Å². The second-order valence-electron chi connectivity index (χ2n) is 31.6. The van der Waals surface area contributed by atoms with E-state index in [2.05, 4.69) is 16.0 Å². The molecule has 3 heterocycles. The summed E-state index contributed by atoms with van der Waals surface area (Å²) in [6, 6.07) is -11.3. The topological polar surface area (TPSA) is 279 Å². The zero-order chi connectivity index (χ0) is 80.9. The zero-order valence-corrected chi connectivity index (χ0v) is 65.5. The molecule has 616 valence electrons. The maximum absolute atomic E-state index is 15.6. The number of halogens is 8. The van der Waals surface area contributed by atoms with E-state index in [1.54, 1.807) is 53.7 Å². The van der Waals surface area contributed by atoms with Crippen LogP contribution >= 0.6 is 0 Å². The van der Waals surface area contributed by atoms with E-state index in [-0.39, 0.29) is 110 Å². The van der Waals surface area contributed by atoms with Gasteiger partial charge in [-0.05, 0) is 154 Å². The van der Waals surface area contributed by atoms with Gasteiger partial charge in [-0.25, -0.2) is 8.78 Å². The summed E-state index contributed by atoms with van der Waals surface area (Å²) in [5.74, 6) is -16.7. The van der Waals surface area contributed by atoms with Crippen molar-refractivity contribution >= 4 is 70.9 Å². The zero-order valence-electron chi connectivity index (χ0n) is 65.5. The Morgan fingerprint density at radius 1 is 0.624 bits per heavy atom. The van der Waals surface area contributed by atoms with Crippen LogP contribution in [0.15, 0.2) is 12.2 Å². The van der Waals surface area contributed by atoms with Crippen molar-refractivity contribution in [2.45, 2.75) is 274 Å². The molecule has 12 amide bonds. The number of nitrogens with one attached hydrogen (secondary N) is 3. The minimum atomic E-state index is -5.22. The van der Waals surface area contributed by atoms with Crippen molar-refractivity contribution in [1.29, 1.82) is 0 Å². The van der Waals surface area contributed by atoms with Gasteiger partial charge in [-0.1, -0.05) is 58.6 Å². The lowest BCUT2D eigenvalue weighted by Crippen LogP contribution is -2.68. The first-order valence-corrected chi connectivity index (χ1v) is 39.3. The van der Waals surface area contributed by atoms with Crippen molar-refractivity contribution in [1.82, 2.24) is 60.0 Å². The van der Waals surface area contributed by atoms with Crippen LogP contribution in [0.2, 0.25) is 0 Å². The maximum atomic E-state index is 15.6. The lowest BCUT2D eigenvalue weighted by Gasteiger charge is -2.47. The number of likely N-dealkylation sites (N-methyl/N-ethyl adjacent to an activating group) is 7. The largest absolute Gasteiger partial charge is 0.397 e. The van der Waals surface area contributed by atoms with Crippen molar-refractivity contribution in [2.24, 2.45) is 35.5 Å². The van der Waals surface area contributed by atoms with E-state index >= 15 is 37.5 Å². The quantitative estimate of drug-likeness (QED) is 0.111. The lowest BCUT2D eigenvalue weighted by atomic mass is 9.74. The van der Waals surface area contributed by atoms with Crippen molar-refractivity contribution < 1.29 is 97.4 Å². The minimum Gasteiger partial charge on any atom is -0.377 e. The smallest absolute Gasteiger partial charge is 0.377 e. The summed E-state index contributed by atoms with van der Waals surface area (Å²) in [5.41, 5.74) is -1.69. The Hall–Kier alpha value is -7.22. The highest BCUT2D eigenvalue weighted by molar-refractivity contribution is 6.01. The summed E-state index contributed by atoms with van der Waals surface area (Å²) in [6.07, 6.45) is -12.8. The highest BCUT2D eigenvalue weighted by atomic mass is 19.4. The molecule has 0 aromatic carbocycles. The van der Waals surface area contributed by atoms with Crippen molar-refractivity contribution in [3.05, 3.63) is 12.2 Å². The number of nitrogens with zero attached hydrogens (tertiary/aromatic N) is 9. The predicted molar refractivity (Wildman–Crippen MR) is 386 cm³/mol. The summed E-state index contributed by atoms with van der Waals surface area (Å²) < 4.78 is 121. The minimum absolute atomic E-state index is 0.00405. The molecule has 3 N–H and O–H groups in total. The molecule has 7 rings (SSSR count). The number of alkyl halides is 8. The SMILES string of the molecule is CCC[C@H]1C(=O)N[C@@H]([C@@H](C)CC)C(=O)N(C)CC(=O)N(C)[C@H]2C/C=C\CCN(C2=O)[C@@H](CC2CCC(C(F)(F)F)CC2)C(=O)N(C)CC(=O)N[C@@H](CCC2CC(F)C(C(F)(F)F)C(F)C2)C(=O)N2C[C@H](OCC)C[C@H]2C(=O)NC2(CCC2)C(=O)N(C)[C@@H](C2CCCC2)C(=O)N(C)[C@H](C(=O)N(CC)CC)CC(=O)N1C. The molecular weight excluding hydrogens is 1440 g/mol. The van der Waals surface area contributed by atoms with E-state index in [1.807, 2.05) is 0 Å². The number of amides is 12. The first-order valence-electron chi connectivity index (χ1n) is 39.3. The van der Waals surface area contributed by atoms with Gasteiger partial charge in [-0.15, -0.1) is 0 Å². The summed E-state index contributed by atoms with van der Waals surface area (Å²) >= 11 is 0. The number of hydrogen-bond donors (Lipinski definition) is 3. The Morgan fingerprint density at radius 3 is 1.81 bits per heavy atom. The molecule has 33 heteroatoms. The molecule has 0 aromatic heterocycles. The number of fused-ring (bicyclic) bond motifs is 3. The summed E-state index contributed by atoms with van der Waals surface area (Å²) in [5, 5.41) is 8.42. The molecule has 2 saturated heterocycles. The van der Waals surface area contributed by atoms with E-state index in [0.717, 1.165) is 24.5 Å². The second kappa shape index (κ2) is 38.8. The van der Waals surface area contributed by atoms with E-state index in [4.69, 9.17) is 4.74 Å². The van der Waals surface area contributed by atoms with Gasteiger partial charge in [0.05, 0.1) is 31.5 Å². The highest BCUT2D eigenvalue weighted by Gasteiger charge is 2.56. The van der Waals surface area contributed by atoms with Gasteiger partial charge in [-0.3, -0.25) is 57.5 Å². The third-order valence-electron chi connectivity index (χ3n) is 24.4. The average molecular weight is 1560 g/mol. The van der Waals surface area contributed by atoms with Crippen LogP contribution in [0.5, 0.6) is 0 Å². The molecule has 3 aliphatic heterocycles. The molecule has 0 radical (unpaired) electrons. The molecule has 109 heavy (non-hydrogen) atoms. The Bertz CT molecular complexity index is 3230. The first kappa shape index (κ1) is 89.0. The molecule has 7 aliphatic rings. The van der Waals surface area contributed by atoms with Crippen LogP contribution in [0.4, 0.5) is 35.1 Å². The Morgan fingerprint density at radius 2 is 1.25 bits per heavy atom. The average Bonchev–Trinajstić information content (AvgIpc) is 1.68. The number of hydrogen-bond acceptors (Lipinski definition) is 13. The predicted octanol–water partition coefficient (Wildman–Crippen LogP) is 6.89. The van der Waals surface area contributed by atoms with Crippen molar-refractivity contribution in [3.63, 3.8) is 0 Å². The number of carbonyl (C=O) groups is 12. The Labute approximate surface area is 635 Å². The van der Waals surface area contributed by atoms with Crippen molar-refractivity contribution in [3.8, 4) is 0 Å². The fraction of sp³-hybridized carbons (Fsp3) is 0.816. The van der Waals surface area contributed by atoms with Crippen LogP contribution in [-0.2, 0) is 62.3 Å². The van der Waals surface area contributed by atoms with E-state index in [0.29, 0.717) is 44.9 Å². The van der Waals surface area contributed by atoms with Gasteiger partial charge in [0.1, 0.15) is 72.1 Å². The molecule has 12 atom stereocenters. The van der Waals surface area contributed by atoms with Gasteiger partial charge in [0.25, 0.3) is 0 Å². The van der Waals surface area contributed by atoms with Gasteiger partial charge in [-0.2, -0.15) is 26.3 Å². The standard InChI is InChI=1S/C76H118F8N12O13/c1-13-24-54-65(100)86-63(45(6)14-2)71(106)89(8)44-61(99)91(10)55-27-19-18-22-36-95(70(55)105)58(39-46-28-31-49(32-29-46)75(79,80)81)68(103)88(7)43-59(97)85-53(33-30-47-37-51(77)62(52(78)38-47)76(82,83)84)67(102)96-42-50(109-17-5)40-56(96)66(101)87-74(34-23-35-74)73(108)93(12)64(48-25-20-21-26-48)72(107)92(11)57(41-60(98)90(54)9)69(104)94(15-3)16-4/h18-19,45-58,62-64H,13-17,20-44H2,1-12H3,(H,85,97)(H,86,100)(H,87,101)/b19-18-/t45-,46?,47?,49?,50+,51?,52?,53-,54-,55-,56-,57-,58-,62?,63-,64-/m0/s1. The van der Waals surface area contributed by atoms with Crippen LogP contribution < -0.4 is 16.0 Å². The summed E-state index contributed by atoms with van der Waals surface area (Å²) in [6.45, 7) is 8.83. The van der Waals surface area contributed by atoms with Crippen LogP contribution in [-0.4, -0.2) is 288 Å². The lowest BCUT2D eigenvalue weighted by molar-refractivity contribution is -0.219. The van der Waals surface area contributed by atoms with Gasteiger partial charge < -0.3 is 64.8 Å². The van der Waals surface area contributed by atoms with Crippen molar-refractivity contribution in [2.75, 3.05) is 88.2 Å². The van der Waals surface area contributed by atoms with Crippen LogP contribution in [0, 0.1) is 35.5 Å². The van der Waals surface area contributed by atoms with Gasteiger partial charge in [0, 0.05) is 81.5 Å². The maximum Gasteiger partial charge on any atom is 0.397 e. The fourth-order valence-electron chi connectivity index (χ4n) is 17.3. The third-order valence-corrected chi connectivity index (χ3v) is 24.4. The van der Waals surface area contributed by atoms with Gasteiger partial charge >= 0.3 is 12.4 Å². The van der Waals surface area contributed by atoms with E-state index < -0.39 is 230 Å². The third kappa shape index (κ3) is 21.5. The molecule has 4 aliphatic carbocycles. The molecular formula is C76H118F8N12O13. The molecule has 4 saturated carbocycles. The van der Waals surface area contributed by atoms with Gasteiger partial charge in [0.15, 0.2) is 0 Å². The Balaban J connectivity index is 1.33. The van der Waals surface area contributed by atoms with E-state index in [9.17, 15) is 55.1 Å². The second-order valence-corrected chi connectivity index (χ2v) is 31.6. The Kier molecular flexibility index (Phi) is 31.7. The number of carbonyl (C=O) groups excluding carboxylic acids is 12. The van der Waals surface area contributed by atoms with Crippen LogP contribution in [0.1, 0.15) is 189 Å². The molecule has 6 fully saturated rings. The summed E-state index contributed by atoms with van der Waals surface area (Å²) in [4.78, 5) is 192. The monoisotopic (exact) mass is 1560 g/mol. The normalized spacial score (nSPS) is 31.7. The first-order chi connectivity index (χ1) is 51.3. The molecule has 25 nitrogen and oxygen atoms in total. The van der Waals surface area contributed by atoms with Crippen LogP contribution in [0.25, 0.3) is 0 Å². The fourth-order valence-corrected chi connectivity index (χ4v) is 17.3.